The summed E-state index contributed by atoms with van der Waals surface area (Å²) in [5.41, 5.74) is 3.80. The van der Waals surface area contributed by atoms with Crippen molar-refractivity contribution >= 4 is 61.1 Å². The molecule has 1 aromatic heterocycles. The van der Waals surface area contributed by atoms with Crippen molar-refractivity contribution in [2.45, 2.75) is 13.3 Å². The Morgan fingerprint density at radius 3 is 2.52 bits per heavy atom. The van der Waals surface area contributed by atoms with E-state index < -0.39 is 0 Å². The van der Waals surface area contributed by atoms with Crippen LogP contribution in [0.1, 0.15) is 23.6 Å². The molecule has 0 atom stereocenters. The van der Waals surface area contributed by atoms with Gasteiger partial charge in [0.2, 0.25) is 0 Å². The van der Waals surface area contributed by atoms with Crippen LogP contribution >= 0.6 is 43.2 Å². The minimum Gasteiger partial charge on any atom is -0.493 e. The lowest BCUT2D eigenvalue weighted by molar-refractivity contribution is 0.125. The molecule has 1 aliphatic heterocycles. The first-order chi connectivity index (χ1) is 13.0. The van der Waals surface area contributed by atoms with Crippen molar-refractivity contribution in [3.63, 3.8) is 0 Å². The van der Waals surface area contributed by atoms with Crippen molar-refractivity contribution in [2.75, 3.05) is 27.4 Å². The summed E-state index contributed by atoms with van der Waals surface area (Å²) in [6.45, 7) is 2.67. The minimum absolute atomic E-state index is 0.328. The smallest absolute Gasteiger partial charge is 0.414 e. The third-order valence-electron chi connectivity index (χ3n) is 4.24. The van der Waals surface area contributed by atoms with Gasteiger partial charge in [-0.3, -0.25) is 4.90 Å². The molecule has 2 aromatic rings. The third kappa shape index (κ3) is 4.17. The van der Waals surface area contributed by atoms with Crippen molar-refractivity contribution in [3.8, 4) is 11.5 Å². The topological polar surface area (TPSA) is 48.0 Å². The Labute approximate surface area is 179 Å². The number of ether oxygens (including phenoxy) is 3. The van der Waals surface area contributed by atoms with Gasteiger partial charge >= 0.3 is 6.09 Å². The summed E-state index contributed by atoms with van der Waals surface area (Å²) in [6.07, 6.45) is 2.35. The van der Waals surface area contributed by atoms with Crippen molar-refractivity contribution < 1.29 is 19.0 Å². The molecular formula is C19H19Br2NO4S. The highest BCUT2D eigenvalue weighted by Crippen LogP contribution is 2.40. The summed E-state index contributed by atoms with van der Waals surface area (Å²) in [4.78, 5) is 14.2. The van der Waals surface area contributed by atoms with E-state index in [1.54, 1.807) is 37.4 Å². The number of amides is 1. The van der Waals surface area contributed by atoms with Gasteiger partial charge in [-0.1, -0.05) is 0 Å². The Morgan fingerprint density at radius 2 is 1.93 bits per heavy atom. The molecular weight excluding hydrogens is 498 g/mol. The van der Waals surface area contributed by atoms with Gasteiger partial charge in [0, 0.05) is 17.7 Å². The van der Waals surface area contributed by atoms with E-state index in [9.17, 15) is 4.79 Å². The standard InChI is InChI=1S/C19H19Br2NO4S/c1-4-26-19(23)22-6-5-11-8-15(24-2)16(25-3)10-13(11)14(22)7-12-9-17(20)27-18(12)21/h7-10H,4-6H2,1-3H3/b14-7-. The first-order valence-electron chi connectivity index (χ1n) is 8.34. The van der Waals surface area contributed by atoms with Gasteiger partial charge in [-0.15, -0.1) is 11.3 Å². The number of carbonyl (C=O) groups excluding carboxylic acids is 1. The highest BCUT2D eigenvalue weighted by molar-refractivity contribution is 9.12. The second-order valence-corrected chi connectivity index (χ2v) is 9.52. The van der Waals surface area contributed by atoms with E-state index in [0.29, 0.717) is 31.1 Å². The summed E-state index contributed by atoms with van der Waals surface area (Å²) < 4.78 is 18.2. The fourth-order valence-corrected chi connectivity index (χ4v) is 5.74. The summed E-state index contributed by atoms with van der Waals surface area (Å²) in [5.74, 6) is 1.30. The van der Waals surface area contributed by atoms with E-state index in [1.165, 1.54) is 0 Å². The van der Waals surface area contributed by atoms with Crippen LogP contribution in [-0.2, 0) is 11.2 Å². The number of carbonyl (C=O) groups is 1. The summed E-state index contributed by atoms with van der Waals surface area (Å²) in [6, 6.07) is 5.91. The van der Waals surface area contributed by atoms with Crippen LogP contribution in [0.15, 0.2) is 25.8 Å². The van der Waals surface area contributed by atoms with Crippen LogP contribution in [0.25, 0.3) is 11.8 Å². The van der Waals surface area contributed by atoms with Gasteiger partial charge in [-0.05, 0) is 75.0 Å². The molecule has 0 radical (unpaired) electrons. The predicted octanol–water partition coefficient (Wildman–Crippen LogP) is 5.80. The number of fused-ring (bicyclic) bond motifs is 1. The number of rotatable bonds is 4. The average Bonchev–Trinajstić information content (AvgIpc) is 2.97. The van der Waals surface area contributed by atoms with Gasteiger partial charge in [0.1, 0.15) is 0 Å². The zero-order chi connectivity index (χ0) is 19.6. The summed E-state index contributed by atoms with van der Waals surface area (Å²) >= 11 is 8.68. The molecule has 0 spiro atoms. The van der Waals surface area contributed by atoms with Crippen LogP contribution < -0.4 is 9.47 Å². The Morgan fingerprint density at radius 1 is 1.22 bits per heavy atom. The number of methoxy groups -OCH3 is 2. The van der Waals surface area contributed by atoms with Gasteiger partial charge in [-0.25, -0.2) is 4.79 Å². The molecule has 0 saturated heterocycles. The summed E-state index contributed by atoms with van der Waals surface area (Å²) in [5, 5.41) is 0. The zero-order valence-corrected chi connectivity index (χ0v) is 19.2. The van der Waals surface area contributed by atoms with Crippen molar-refractivity contribution in [1.82, 2.24) is 4.90 Å². The largest absolute Gasteiger partial charge is 0.493 e. The molecule has 27 heavy (non-hydrogen) atoms. The van der Waals surface area contributed by atoms with E-state index in [4.69, 9.17) is 14.2 Å². The van der Waals surface area contributed by atoms with E-state index in [0.717, 1.165) is 30.0 Å². The van der Waals surface area contributed by atoms with E-state index in [2.05, 4.69) is 31.9 Å². The van der Waals surface area contributed by atoms with Gasteiger partial charge in [0.15, 0.2) is 11.5 Å². The van der Waals surface area contributed by atoms with E-state index >= 15 is 0 Å². The predicted molar refractivity (Wildman–Crippen MR) is 115 cm³/mol. The molecule has 0 aliphatic carbocycles. The number of nitrogens with zero attached hydrogens (tertiary/aromatic N) is 1. The number of hydrogen-bond donors (Lipinski definition) is 0. The number of halogens is 2. The molecule has 0 bridgehead atoms. The van der Waals surface area contributed by atoms with Crippen LogP contribution in [0, 0.1) is 0 Å². The maximum absolute atomic E-state index is 12.6. The SMILES string of the molecule is CCOC(=O)N1CCc2cc(OC)c(OC)cc2/C1=C/c1cc(Br)sc1Br. The highest BCUT2D eigenvalue weighted by Gasteiger charge is 2.29. The zero-order valence-electron chi connectivity index (χ0n) is 15.2. The Hall–Kier alpha value is -1.51. The fraction of sp³-hybridized carbons (Fsp3) is 0.316. The molecule has 144 valence electrons. The van der Waals surface area contributed by atoms with Gasteiger partial charge in [0.05, 0.1) is 34.1 Å². The number of benzene rings is 1. The van der Waals surface area contributed by atoms with Crippen LogP contribution in [0.5, 0.6) is 11.5 Å². The molecule has 1 aliphatic rings. The van der Waals surface area contributed by atoms with Crippen LogP contribution in [-0.4, -0.2) is 38.4 Å². The van der Waals surface area contributed by atoms with Crippen LogP contribution in [0.2, 0.25) is 0 Å². The lowest BCUT2D eigenvalue weighted by Gasteiger charge is -2.31. The molecule has 3 rings (SSSR count). The lowest BCUT2D eigenvalue weighted by Crippen LogP contribution is -2.35. The van der Waals surface area contributed by atoms with Crippen LogP contribution in [0.3, 0.4) is 0 Å². The molecule has 0 saturated carbocycles. The molecule has 0 fully saturated rings. The van der Waals surface area contributed by atoms with Crippen molar-refractivity contribution in [1.29, 1.82) is 0 Å². The molecule has 2 heterocycles. The number of hydrogen-bond acceptors (Lipinski definition) is 5. The quantitative estimate of drug-likeness (QED) is 0.515. The highest BCUT2D eigenvalue weighted by atomic mass is 79.9. The van der Waals surface area contributed by atoms with E-state index in [1.807, 2.05) is 24.3 Å². The molecule has 1 aromatic carbocycles. The lowest BCUT2D eigenvalue weighted by atomic mass is 9.95. The maximum atomic E-state index is 12.6. The first-order valence-corrected chi connectivity index (χ1v) is 10.7. The second-order valence-electron chi connectivity index (χ2n) is 5.77. The first kappa shape index (κ1) is 20.2. The molecule has 8 heteroatoms. The van der Waals surface area contributed by atoms with Gasteiger partial charge in [-0.2, -0.15) is 0 Å². The monoisotopic (exact) mass is 515 g/mol. The molecule has 0 unspecified atom stereocenters. The van der Waals surface area contributed by atoms with Crippen molar-refractivity contribution in [2.24, 2.45) is 0 Å². The fourth-order valence-electron chi connectivity index (χ4n) is 3.01. The number of thiophene rings is 1. The van der Waals surface area contributed by atoms with Gasteiger partial charge in [0.25, 0.3) is 0 Å². The van der Waals surface area contributed by atoms with E-state index in [-0.39, 0.29) is 6.09 Å². The molecule has 5 nitrogen and oxygen atoms in total. The third-order valence-corrected chi connectivity index (χ3v) is 6.63. The minimum atomic E-state index is -0.352. The van der Waals surface area contributed by atoms with Crippen LogP contribution in [0.4, 0.5) is 4.79 Å². The Bertz CT molecular complexity index is 894. The molecule has 1 amide bonds. The Kier molecular flexibility index (Phi) is 6.49. The van der Waals surface area contributed by atoms with Gasteiger partial charge < -0.3 is 14.2 Å². The normalized spacial score (nSPS) is 14.9. The second kappa shape index (κ2) is 8.67. The molecule has 0 N–H and O–H groups in total. The maximum Gasteiger partial charge on any atom is 0.414 e. The average molecular weight is 517 g/mol. The Balaban J connectivity index is 2.17. The van der Waals surface area contributed by atoms with Crippen molar-refractivity contribution in [3.05, 3.63) is 42.5 Å². The summed E-state index contributed by atoms with van der Waals surface area (Å²) in [7, 11) is 3.22.